The summed E-state index contributed by atoms with van der Waals surface area (Å²) in [5, 5.41) is 4.94. The van der Waals surface area contributed by atoms with Crippen LogP contribution in [0.25, 0.3) is 104 Å². The van der Waals surface area contributed by atoms with Crippen LogP contribution in [0, 0.1) is 0 Å². The Kier molecular flexibility index (Phi) is 7.60. The summed E-state index contributed by atoms with van der Waals surface area (Å²) in [5.74, 6) is 1.75. The summed E-state index contributed by atoms with van der Waals surface area (Å²) in [7, 11) is 0. The van der Waals surface area contributed by atoms with Gasteiger partial charge in [-0.3, -0.25) is 4.98 Å². The molecule has 0 aliphatic carbocycles. The third-order valence-electron chi connectivity index (χ3n) is 10.5. The Morgan fingerprint density at radius 2 is 0.929 bits per heavy atom. The molecule has 0 saturated carbocycles. The Balaban J connectivity index is 1.11. The normalized spacial score (nSPS) is 11.6. The van der Waals surface area contributed by atoms with Gasteiger partial charge in [0.2, 0.25) is 0 Å². The van der Waals surface area contributed by atoms with Crippen LogP contribution in [0.15, 0.2) is 188 Å². The van der Waals surface area contributed by atoms with E-state index < -0.39 is 0 Å². The Morgan fingerprint density at radius 3 is 1.62 bits per heavy atom. The molecule has 6 heteroatoms. The van der Waals surface area contributed by atoms with Gasteiger partial charge in [-0.05, 0) is 35.4 Å². The summed E-state index contributed by atoms with van der Waals surface area (Å²) < 4.78 is 4.91. The average molecular weight is 734 g/mol. The molecule has 4 heterocycles. The van der Waals surface area contributed by atoms with Crippen LogP contribution in [0.5, 0.6) is 0 Å². The highest BCUT2D eigenvalue weighted by atomic mass is 32.1. The van der Waals surface area contributed by atoms with Crippen molar-refractivity contribution < 1.29 is 0 Å². The van der Waals surface area contributed by atoms with E-state index in [2.05, 4.69) is 138 Å². The first-order valence-corrected chi connectivity index (χ1v) is 19.5. The van der Waals surface area contributed by atoms with Crippen LogP contribution in [-0.2, 0) is 0 Å². The second kappa shape index (κ2) is 13.2. The molecule has 5 nitrogen and oxygen atoms in total. The lowest BCUT2D eigenvalue weighted by atomic mass is 10.0. The summed E-state index contributed by atoms with van der Waals surface area (Å²) in [6.45, 7) is 0. The second-order valence-electron chi connectivity index (χ2n) is 13.9. The molecule has 0 saturated heterocycles. The molecular formula is C50H31N5S. The molecule has 0 bridgehead atoms. The molecule has 262 valence electrons. The van der Waals surface area contributed by atoms with Gasteiger partial charge in [0.05, 0.1) is 28.0 Å². The minimum atomic E-state index is 0.553. The summed E-state index contributed by atoms with van der Waals surface area (Å²) in [6.07, 6.45) is 1.92. The molecule has 4 aromatic heterocycles. The number of hydrogen-bond acceptors (Lipinski definition) is 5. The number of pyridine rings is 1. The molecule has 0 fully saturated rings. The summed E-state index contributed by atoms with van der Waals surface area (Å²) in [6, 6.07) is 63.5. The number of nitrogens with zero attached hydrogens (tertiary/aromatic N) is 5. The van der Waals surface area contributed by atoms with Gasteiger partial charge in [-0.2, -0.15) is 0 Å². The summed E-state index contributed by atoms with van der Waals surface area (Å²) in [4.78, 5) is 20.5. The van der Waals surface area contributed by atoms with E-state index in [1.54, 1.807) is 0 Å². The van der Waals surface area contributed by atoms with Crippen LogP contribution >= 0.6 is 11.3 Å². The molecule has 0 N–H and O–H groups in total. The van der Waals surface area contributed by atoms with Crippen molar-refractivity contribution in [2.45, 2.75) is 0 Å². The van der Waals surface area contributed by atoms with Crippen LogP contribution in [0.3, 0.4) is 0 Å². The van der Waals surface area contributed by atoms with Crippen molar-refractivity contribution in [1.29, 1.82) is 0 Å². The van der Waals surface area contributed by atoms with E-state index in [0.29, 0.717) is 17.5 Å². The number of thiophene rings is 1. The highest BCUT2D eigenvalue weighted by molar-refractivity contribution is 7.26. The second-order valence-corrected chi connectivity index (χ2v) is 14.9. The lowest BCUT2D eigenvalue weighted by molar-refractivity contribution is 1.06. The maximum absolute atomic E-state index is 5.24. The maximum Gasteiger partial charge on any atom is 0.167 e. The van der Waals surface area contributed by atoms with Crippen LogP contribution in [0.4, 0.5) is 0 Å². The predicted molar refractivity (Wildman–Crippen MR) is 232 cm³/mol. The number of benzene rings is 7. The van der Waals surface area contributed by atoms with Crippen molar-refractivity contribution in [1.82, 2.24) is 24.5 Å². The molecule has 7 aromatic carbocycles. The fourth-order valence-corrected chi connectivity index (χ4v) is 9.10. The molecule has 0 aliphatic rings. The van der Waals surface area contributed by atoms with E-state index in [0.717, 1.165) is 50.2 Å². The standard InChI is InChI=1S/C50H31N5S/c1-3-14-33(15-4-1)42-30-45(55-43-23-10-7-18-37(43)38-19-8-11-24-44(38)55)41(31-51-42)50-53-48(34-16-5-2-6-17-34)52-49(54-50)35-28-26-32(27-29-35)36-21-13-22-40-39-20-9-12-25-46(39)56-47(36)40/h1-31H. The largest absolute Gasteiger partial charge is 0.308 e. The topological polar surface area (TPSA) is 56.5 Å². The van der Waals surface area contributed by atoms with Crippen molar-refractivity contribution in [3.05, 3.63) is 188 Å². The molecule has 0 amide bonds. The van der Waals surface area contributed by atoms with Crippen LogP contribution in [0.1, 0.15) is 0 Å². The first kappa shape index (κ1) is 32.2. The molecule has 0 aliphatic heterocycles. The van der Waals surface area contributed by atoms with Gasteiger partial charge in [0.15, 0.2) is 17.5 Å². The Hall–Kier alpha value is -7.28. The third-order valence-corrected chi connectivity index (χ3v) is 11.8. The Bertz CT molecular complexity index is 3190. The van der Waals surface area contributed by atoms with Gasteiger partial charge in [0.25, 0.3) is 0 Å². The number of aromatic nitrogens is 5. The highest BCUT2D eigenvalue weighted by Gasteiger charge is 2.21. The number of fused-ring (bicyclic) bond motifs is 6. The molecule has 0 unspecified atom stereocenters. The molecule has 56 heavy (non-hydrogen) atoms. The minimum absolute atomic E-state index is 0.553. The average Bonchev–Trinajstić information content (AvgIpc) is 3.83. The van der Waals surface area contributed by atoms with Crippen LogP contribution in [-0.4, -0.2) is 24.5 Å². The fourth-order valence-electron chi connectivity index (χ4n) is 7.87. The monoisotopic (exact) mass is 733 g/mol. The van der Waals surface area contributed by atoms with E-state index in [-0.39, 0.29) is 0 Å². The molecule has 0 radical (unpaired) electrons. The smallest absolute Gasteiger partial charge is 0.167 e. The highest BCUT2D eigenvalue weighted by Crippen LogP contribution is 2.41. The van der Waals surface area contributed by atoms with Crippen molar-refractivity contribution in [2.75, 3.05) is 0 Å². The lowest BCUT2D eigenvalue weighted by Crippen LogP contribution is -2.05. The van der Waals surface area contributed by atoms with E-state index in [4.69, 9.17) is 19.9 Å². The van der Waals surface area contributed by atoms with Gasteiger partial charge < -0.3 is 4.57 Å². The zero-order chi connectivity index (χ0) is 37.0. The molecule has 11 rings (SSSR count). The van der Waals surface area contributed by atoms with E-state index in [1.165, 1.54) is 36.5 Å². The van der Waals surface area contributed by atoms with Gasteiger partial charge >= 0.3 is 0 Å². The third kappa shape index (κ3) is 5.38. The number of para-hydroxylation sites is 2. The zero-order valence-electron chi connectivity index (χ0n) is 30.0. The minimum Gasteiger partial charge on any atom is -0.308 e. The van der Waals surface area contributed by atoms with Crippen LogP contribution < -0.4 is 0 Å². The molecule has 0 spiro atoms. The Morgan fingerprint density at radius 1 is 0.393 bits per heavy atom. The van der Waals surface area contributed by atoms with E-state index >= 15 is 0 Å². The van der Waals surface area contributed by atoms with Crippen molar-refractivity contribution in [2.24, 2.45) is 0 Å². The zero-order valence-corrected chi connectivity index (χ0v) is 30.9. The summed E-state index contributed by atoms with van der Waals surface area (Å²) >= 11 is 1.84. The van der Waals surface area contributed by atoms with Gasteiger partial charge in [-0.25, -0.2) is 15.0 Å². The van der Waals surface area contributed by atoms with Gasteiger partial charge in [-0.15, -0.1) is 11.3 Å². The first-order valence-electron chi connectivity index (χ1n) is 18.6. The summed E-state index contributed by atoms with van der Waals surface area (Å²) in [5.41, 5.74) is 10.0. The first-order chi connectivity index (χ1) is 27.8. The Labute approximate surface area is 326 Å². The van der Waals surface area contributed by atoms with Gasteiger partial charge in [0.1, 0.15) is 0 Å². The molecule has 0 atom stereocenters. The number of hydrogen-bond donors (Lipinski definition) is 0. The van der Waals surface area contributed by atoms with Crippen molar-refractivity contribution in [3.8, 4) is 62.2 Å². The van der Waals surface area contributed by atoms with Crippen molar-refractivity contribution >= 4 is 53.3 Å². The fraction of sp³-hybridized carbons (Fsp3) is 0. The molecular weight excluding hydrogens is 703 g/mol. The SMILES string of the molecule is c1ccc(-c2cc(-n3c4ccccc4c4ccccc43)c(-c3nc(-c4ccccc4)nc(-c4ccc(-c5cccc6c5sc5ccccc56)cc4)n3)cn2)cc1. The predicted octanol–water partition coefficient (Wildman–Crippen LogP) is 13.1. The van der Waals surface area contributed by atoms with Gasteiger partial charge in [0, 0.05) is 53.8 Å². The van der Waals surface area contributed by atoms with Crippen molar-refractivity contribution in [3.63, 3.8) is 0 Å². The van der Waals surface area contributed by atoms with Crippen LogP contribution in [0.2, 0.25) is 0 Å². The molecule has 11 aromatic rings. The van der Waals surface area contributed by atoms with E-state index in [9.17, 15) is 0 Å². The van der Waals surface area contributed by atoms with Gasteiger partial charge in [-0.1, -0.05) is 158 Å². The van der Waals surface area contributed by atoms with E-state index in [1.807, 2.05) is 66.1 Å². The quantitative estimate of drug-likeness (QED) is 0.171. The lowest BCUT2D eigenvalue weighted by Gasteiger charge is -2.16. The number of rotatable bonds is 6. The maximum atomic E-state index is 5.24.